The Balaban J connectivity index is 1.78. The summed E-state index contributed by atoms with van der Waals surface area (Å²) in [5.74, 6) is -0.0492. The minimum atomic E-state index is -0.455. The fourth-order valence-electron chi connectivity index (χ4n) is 2.79. The maximum Gasteiger partial charge on any atom is 0.281 e. The van der Waals surface area contributed by atoms with Gasteiger partial charge in [-0.05, 0) is 12.8 Å². The van der Waals surface area contributed by atoms with Crippen LogP contribution in [-0.2, 0) is 14.3 Å². The molecule has 2 atom stereocenters. The van der Waals surface area contributed by atoms with Crippen molar-refractivity contribution in [1.82, 2.24) is 9.80 Å². The van der Waals surface area contributed by atoms with Crippen molar-refractivity contribution in [2.24, 2.45) is 0 Å². The molecule has 21 heavy (non-hydrogen) atoms. The lowest BCUT2D eigenvalue weighted by molar-refractivity contribution is -0.407. The Morgan fingerprint density at radius 2 is 2.05 bits per heavy atom. The molecule has 2 amide bonds. The lowest BCUT2D eigenvalue weighted by Crippen LogP contribution is -2.68. The second kappa shape index (κ2) is 7.38. The fraction of sp³-hybridized carbons (Fsp3) is 0.786. The Labute approximate surface area is 124 Å². The van der Waals surface area contributed by atoms with Crippen molar-refractivity contribution in [3.8, 4) is 6.07 Å². The number of carbonyl (C=O) groups excluding carboxylic acids is 2. The Hall–Kier alpha value is -1.65. The van der Waals surface area contributed by atoms with Crippen molar-refractivity contribution in [3.63, 3.8) is 0 Å². The van der Waals surface area contributed by atoms with E-state index in [1.165, 1.54) is 0 Å². The van der Waals surface area contributed by atoms with Gasteiger partial charge in [0.25, 0.3) is 5.91 Å². The number of morpholine rings is 1. The molecule has 2 aliphatic heterocycles. The van der Waals surface area contributed by atoms with Gasteiger partial charge in [-0.3, -0.25) is 9.59 Å². The molecule has 2 saturated heterocycles. The molecule has 0 aromatic carbocycles. The van der Waals surface area contributed by atoms with Gasteiger partial charge < -0.3 is 20.3 Å². The number of amides is 2. The summed E-state index contributed by atoms with van der Waals surface area (Å²) in [5, 5.41) is 9.02. The second-order valence-corrected chi connectivity index (χ2v) is 5.55. The van der Waals surface area contributed by atoms with Crippen LogP contribution in [0.15, 0.2) is 0 Å². The van der Waals surface area contributed by atoms with Gasteiger partial charge >= 0.3 is 0 Å². The molecule has 3 N–H and O–H groups in total. The molecule has 0 aromatic rings. The van der Waals surface area contributed by atoms with Crippen LogP contribution in [0, 0.1) is 11.3 Å². The van der Waals surface area contributed by atoms with E-state index in [0.29, 0.717) is 45.7 Å². The number of nitrogens with zero attached hydrogens (tertiary/aromatic N) is 3. The Bertz CT molecular complexity index is 428. The smallest absolute Gasteiger partial charge is 0.281 e. The summed E-state index contributed by atoms with van der Waals surface area (Å²) in [6.45, 7) is 3.03. The summed E-state index contributed by atoms with van der Waals surface area (Å²) >= 11 is 0. The third-order valence-corrected chi connectivity index (χ3v) is 4.10. The normalized spacial score (nSPS) is 23.7. The van der Waals surface area contributed by atoms with Gasteiger partial charge in [0, 0.05) is 32.5 Å². The first kappa shape index (κ1) is 15.7. The van der Waals surface area contributed by atoms with Crippen LogP contribution in [0.1, 0.15) is 25.7 Å². The minimum absolute atomic E-state index is 0.0537. The molecular formula is C14H23N4O3+. The van der Waals surface area contributed by atoms with E-state index in [1.807, 2.05) is 0 Å². The third-order valence-electron chi connectivity index (χ3n) is 4.10. The Morgan fingerprint density at radius 3 is 2.71 bits per heavy atom. The summed E-state index contributed by atoms with van der Waals surface area (Å²) < 4.78 is 5.21. The highest BCUT2D eigenvalue weighted by atomic mass is 16.5. The molecule has 0 unspecified atom stereocenters. The van der Waals surface area contributed by atoms with E-state index < -0.39 is 6.04 Å². The lowest BCUT2D eigenvalue weighted by Gasteiger charge is -2.27. The summed E-state index contributed by atoms with van der Waals surface area (Å²) in [7, 11) is 0. The molecule has 0 aliphatic carbocycles. The summed E-state index contributed by atoms with van der Waals surface area (Å²) in [5.41, 5.74) is 3.87. The van der Waals surface area contributed by atoms with E-state index in [1.54, 1.807) is 9.80 Å². The first-order valence-electron chi connectivity index (χ1n) is 7.52. The molecule has 0 spiro atoms. The van der Waals surface area contributed by atoms with Crippen molar-refractivity contribution in [3.05, 3.63) is 0 Å². The molecule has 116 valence electrons. The van der Waals surface area contributed by atoms with Gasteiger partial charge in [0.2, 0.25) is 5.91 Å². The molecule has 2 heterocycles. The second-order valence-electron chi connectivity index (χ2n) is 5.55. The SMILES string of the molecule is N#C[C@@H]1CCCN1C(=O)[C@@H]([NH3+])CCC(=O)N1CCOCC1. The maximum absolute atomic E-state index is 12.3. The largest absolute Gasteiger partial charge is 0.378 e. The van der Waals surface area contributed by atoms with Crippen molar-refractivity contribution >= 4 is 11.8 Å². The predicted octanol–water partition coefficient (Wildman–Crippen LogP) is -1.25. The molecule has 0 aromatic heterocycles. The number of hydrogen-bond acceptors (Lipinski definition) is 4. The number of nitriles is 1. The molecule has 2 rings (SSSR count). The number of hydrogen-bond donors (Lipinski definition) is 1. The first-order chi connectivity index (χ1) is 10.1. The van der Waals surface area contributed by atoms with Crippen molar-refractivity contribution in [1.29, 1.82) is 5.26 Å². The van der Waals surface area contributed by atoms with E-state index in [-0.39, 0.29) is 17.9 Å². The molecule has 0 bridgehead atoms. The lowest BCUT2D eigenvalue weighted by atomic mass is 10.1. The zero-order valence-corrected chi connectivity index (χ0v) is 12.3. The number of ether oxygens (including phenoxy) is 1. The zero-order valence-electron chi connectivity index (χ0n) is 12.3. The quantitative estimate of drug-likeness (QED) is 0.700. The van der Waals surface area contributed by atoms with Crippen molar-refractivity contribution < 1.29 is 20.1 Å². The van der Waals surface area contributed by atoms with E-state index in [2.05, 4.69) is 11.8 Å². The predicted molar refractivity (Wildman–Crippen MR) is 73.7 cm³/mol. The molecule has 7 heteroatoms. The standard InChI is InChI=1S/C14H22N4O3/c15-10-11-2-1-5-18(11)14(20)12(16)3-4-13(19)17-6-8-21-9-7-17/h11-12H,1-9,16H2/p+1/t11-,12-/m0/s1. The molecular weight excluding hydrogens is 272 g/mol. The van der Waals surface area contributed by atoms with Crippen molar-refractivity contribution in [2.45, 2.75) is 37.8 Å². The number of likely N-dealkylation sites (tertiary alicyclic amines) is 1. The van der Waals surface area contributed by atoms with Crippen LogP contribution in [0.25, 0.3) is 0 Å². The van der Waals surface area contributed by atoms with Gasteiger partial charge in [0.1, 0.15) is 6.04 Å². The summed E-state index contributed by atoms with van der Waals surface area (Å²) in [6.07, 6.45) is 2.36. The fourth-order valence-corrected chi connectivity index (χ4v) is 2.79. The molecule has 2 fully saturated rings. The van der Waals surface area contributed by atoms with Crippen LogP contribution in [0.5, 0.6) is 0 Å². The topological polar surface area (TPSA) is 101 Å². The molecule has 0 saturated carbocycles. The van der Waals surface area contributed by atoms with Crippen LogP contribution in [0.2, 0.25) is 0 Å². The maximum atomic E-state index is 12.3. The average Bonchev–Trinajstić information content (AvgIpc) is 3.00. The van der Waals surface area contributed by atoms with Gasteiger partial charge in [0.15, 0.2) is 6.04 Å². The van der Waals surface area contributed by atoms with E-state index in [4.69, 9.17) is 10.00 Å². The highest BCUT2D eigenvalue weighted by molar-refractivity contribution is 5.82. The van der Waals surface area contributed by atoms with E-state index in [9.17, 15) is 9.59 Å². The van der Waals surface area contributed by atoms with Gasteiger partial charge in [0.05, 0.1) is 19.3 Å². The molecule has 0 radical (unpaired) electrons. The summed E-state index contributed by atoms with van der Waals surface area (Å²) in [6, 6.07) is 1.38. The Morgan fingerprint density at radius 1 is 1.33 bits per heavy atom. The van der Waals surface area contributed by atoms with Gasteiger partial charge in [-0.1, -0.05) is 0 Å². The van der Waals surface area contributed by atoms with Gasteiger partial charge in [-0.25, -0.2) is 0 Å². The highest BCUT2D eigenvalue weighted by Crippen LogP contribution is 2.17. The zero-order chi connectivity index (χ0) is 15.2. The van der Waals surface area contributed by atoms with Gasteiger partial charge in [-0.15, -0.1) is 0 Å². The summed E-state index contributed by atoms with van der Waals surface area (Å²) in [4.78, 5) is 27.7. The van der Waals surface area contributed by atoms with Gasteiger partial charge in [-0.2, -0.15) is 5.26 Å². The van der Waals surface area contributed by atoms with Crippen LogP contribution in [0.4, 0.5) is 0 Å². The number of rotatable bonds is 4. The average molecular weight is 295 g/mol. The Kier molecular flexibility index (Phi) is 5.53. The van der Waals surface area contributed by atoms with E-state index >= 15 is 0 Å². The number of carbonyl (C=O) groups is 2. The molecule has 2 aliphatic rings. The number of quaternary nitrogens is 1. The monoisotopic (exact) mass is 295 g/mol. The molecule has 7 nitrogen and oxygen atoms in total. The van der Waals surface area contributed by atoms with Crippen LogP contribution >= 0.6 is 0 Å². The first-order valence-corrected chi connectivity index (χ1v) is 7.52. The van der Waals surface area contributed by atoms with Crippen LogP contribution in [-0.4, -0.2) is 66.5 Å². The minimum Gasteiger partial charge on any atom is -0.378 e. The van der Waals surface area contributed by atoms with E-state index in [0.717, 1.165) is 12.8 Å². The van der Waals surface area contributed by atoms with Crippen LogP contribution < -0.4 is 5.73 Å². The van der Waals surface area contributed by atoms with Crippen LogP contribution in [0.3, 0.4) is 0 Å². The third kappa shape index (κ3) is 3.93. The highest BCUT2D eigenvalue weighted by Gasteiger charge is 2.33. The van der Waals surface area contributed by atoms with Crippen molar-refractivity contribution in [2.75, 3.05) is 32.8 Å².